The molecule has 1 saturated carbocycles. The van der Waals surface area contributed by atoms with Crippen LogP contribution in [-0.4, -0.2) is 29.7 Å². The zero-order chi connectivity index (χ0) is 13.5. The molecule has 2 amide bonds. The molecule has 0 radical (unpaired) electrons. The molecule has 5 nitrogen and oxygen atoms in total. The Bertz CT molecular complexity index is 294. The molecule has 1 fully saturated rings. The number of hydrogen-bond acceptors (Lipinski definition) is 2. The lowest BCUT2D eigenvalue weighted by Crippen LogP contribution is -2.43. The lowest BCUT2D eigenvalue weighted by molar-refractivity contribution is -0.142. The molecular weight excluding hydrogens is 232 g/mol. The molecule has 3 atom stereocenters. The number of nitrogens with one attached hydrogen (secondary N) is 2. The Labute approximate surface area is 108 Å². The molecule has 3 unspecified atom stereocenters. The van der Waals surface area contributed by atoms with Crippen molar-refractivity contribution in [3.05, 3.63) is 0 Å². The molecular formula is C13H24N2O3. The van der Waals surface area contributed by atoms with Crippen molar-refractivity contribution < 1.29 is 14.7 Å². The topological polar surface area (TPSA) is 78.4 Å². The molecule has 0 bridgehead atoms. The number of aliphatic carboxylic acids is 1. The minimum Gasteiger partial charge on any atom is -0.481 e. The van der Waals surface area contributed by atoms with Crippen LogP contribution in [0.25, 0.3) is 0 Å². The van der Waals surface area contributed by atoms with E-state index in [0.29, 0.717) is 6.54 Å². The highest BCUT2D eigenvalue weighted by Crippen LogP contribution is 2.31. The van der Waals surface area contributed by atoms with Gasteiger partial charge in [-0.25, -0.2) is 4.79 Å². The third-order valence-electron chi connectivity index (χ3n) is 3.60. The SMILES string of the molecule is CCCC(C)NC(=O)NCC1CCCC1C(=O)O. The summed E-state index contributed by atoms with van der Waals surface area (Å²) in [7, 11) is 0. The zero-order valence-electron chi connectivity index (χ0n) is 11.2. The summed E-state index contributed by atoms with van der Waals surface area (Å²) in [4.78, 5) is 22.6. The summed E-state index contributed by atoms with van der Waals surface area (Å²) >= 11 is 0. The molecule has 0 aromatic carbocycles. The summed E-state index contributed by atoms with van der Waals surface area (Å²) in [5.74, 6) is -0.952. The van der Waals surface area contributed by atoms with Gasteiger partial charge in [-0.2, -0.15) is 0 Å². The highest BCUT2D eigenvalue weighted by molar-refractivity contribution is 5.74. The molecule has 18 heavy (non-hydrogen) atoms. The predicted octanol–water partition coefficient (Wildman–Crippen LogP) is 1.98. The van der Waals surface area contributed by atoms with Crippen LogP contribution in [-0.2, 0) is 4.79 Å². The number of carbonyl (C=O) groups excluding carboxylic acids is 1. The molecule has 1 aliphatic rings. The standard InChI is InChI=1S/C13H24N2O3/c1-3-5-9(2)15-13(18)14-8-10-6-4-7-11(10)12(16)17/h9-11H,3-8H2,1-2H3,(H,16,17)(H2,14,15,18). The van der Waals surface area contributed by atoms with E-state index in [0.717, 1.165) is 32.1 Å². The van der Waals surface area contributed by atoms with Gasteiger partial charge >= 0.3 is 12.0 Å². The summed E-state index contributed by atoms with van der Waals surface area (Å²) in [5.41, 5.74) is 0. The van der Waals surface area contributed by atoms with E-state index in [2.05, 4.69) is 17.6 Å². The van der Waals surface area contributed by atoms with Gasteiger partial charge in [0.05, 0.1) is 5.92 Å². The van der Waals surface area contributed by atoms with Crippen LogP contribution in [0.4, 0.5) is 4.79 Å². The van der Waals surface area contributed by atoms with Crippen molar-refractivity contribution in [2.45, 2.75) is 52.0 Å². The van der Waals surface area contributed by atoms with E-state index in [-0.39, 0.29) is 23.9 Å². The Morgan fingerprint density at radius 2 is 2.11 bits per heavy atom. The van der Waals surface area contributed by atoms with Gasteiger partial charge in [0.15, 0.2) is 0 Å². The molecule has 1 rings (SSSR count). The molecule has 0 aromatic rings. The number of carboxylic acid groups (broad SMARTS) is 1. The first kappa shape index (κ1) is 14.8. The Balaban J connectivity index is 2.27. The van der Waals surface area contributed by atoms with E-state index in [9.17, 15) is 9.59 Å². The largest absolute Gasteiger partial charge is 0.481 e. The van der Waals surface area contributed by atoms with Crippen LogP contribution in [0.5, 0.6) is 0 Å². The van der Waals surface area contributed by atoms with Crippen molar-refractivity contribution in [2.75, 3.05) is 6.54 Å². The summed E-state index contributed by atoms with van der Waals surface area (Å²) < 4.78 is 0. The van der Waals surface area contributed by atoms with Gasteiger partial charge in [0.1, 0.15) is 0 Å². The second kappa shape index (κ2) is 7.24. The Morgan fingerprint density at radius 3 is 2.72 bits per heavy atom. The van der Waals surface area contributed by atoms with Crippen molar-refractivity contribution in [1.29, 1.82) is 0 Å². The van der Waals surface area contributed by atoms with Gasteiger partial charge in [-0.05, 0) is 32.1 Å². The fourth-order valence-corrected chi connectivity index (χ4v) is 2.61. The normalized spacial score (nSPS) is 24.6. The quantitative estimate of drug-likeness (QED) is 0.680. The minimum atomic E-state index is -0.737. The number of carbonyl (C=O) groups is 2. The Hall–Kier alpha value is -1.26. The molecule has 104 valence electrons. The van der Waals surface area contributed by atoms with E-state index < -0.39 is 5.97 Å². The number of urea groups is 1. The van der Waals surface area contributed by atoms with E-state index >= 15 is 0 Å². The second-order valence-corrected chi connectivity index (χ2v) is 5.18. The number of amides is 2. The van der Waals surface area contributed by atoms with Crippen molar-refractivity contribution in [1.82, 2.24) is 10.6 Å². The zero-order valence-corrected chi connectivity index (χ0v) is 11.2. The number of rotatable bonds is 6. The van der Waals surface area contributed by atoms with E-state index in [4.69, 9.17) is 5.11 Å². The monoisotopic (exact) mass is 256 g/mol. The van der Waals surface area contributed by atoms with Gasteiger partial charge in [0, 0.05) is 12.6 Å². The fraction of sp³-hybridized carbons (Fsp3) is 0.846. The average Bonchev–Trinajstić information content (AvgIpc) is 2.74. The van der Waals surface area contributed by atoms with Crippen LogP contribution >= 0.6 is 0 Å². The van der Waals surface area contributed by atoms with Crippen LogP contribution in [0.3, 0.4) is 0 Å². The maximum Gasteiger partial charge on any atom is 0.315 e. The van der Waals surface area contributed by atoms with Crippen LogP contribution in [0.1, 0.15) is 46.0 Å². The lowest BCUT2D eigenvalue weighted by atomic mass is 9.96. The maximum atomic E-state index is 11.6. The summed E-state index contributed by atoms with van der Waals surface area (Å²) in [5, 5.41) is 14.7. The highest BCUT2D eigenvalue weighted by Gasteiger charge is 2.32. The minimum absolute atomic E-state index is 0.0785. The van der Waals surface area contributed by atoms with Crippen LogP contribution < -0.4 is 10.6 Å². The molecule has 0 heterocycles. The van der Waals surface area contributed by atoms with Crippen LogP contribution in [0.2, 0.25) is 0 Å². The van der Waals surface area contributed by atoms with Gasteiger partial charge in [-0.15, -0.1) is 0 Å². The van der Waals surface area contributed by atoms with Crippen LogP contribution in [0.15, 0.2) is 0 Å². The average molecular weight is 256 g/mol. The first-order chi connectivity index (χ1) is 8.54. The van der Waals surface area contributed by atoms with Crippen molar-refractivity contribution >= 4 is 12.0 Å². The molecule has 0 aliphatic heterocycles. The van der Waals surface area contributed by atoms with E-state index in [1.807, 2.05) is 6.92 Å². The maximum absolute atomic E-state index is 11.6. The van der Waals surface area contributed by atoms with E-state index in [1.54, 1.807) is 0 Å². The second-order valence-electron chi connectivity index (χ2n) is 5.18. The van der Waals surface area contributed by atoms with Gasteiger partial charge in [-0.1, -0.05) is 19.8 Å². The van der Waals surface area contributed by atoms with Crippen LogP contribution in [0, 0.1) is 11.8 Å². The van der Waals surface area contributed by atoms with Gasteiger partial charge in [0.2, 0.25) is 0 Å². The van der Waals surface area contributed by atoms with Crippen molar-refractivity contribution in [3.8, 4) is 0 Å². The molecule has 0 spiro atoms. The molecule has 1 aliphatic carbocycles. The fourth-order valence-electron chi connectivity index (χ4n) is 2.61. The van der Waals surface area contributed by atoms with Gasteiger partial charge < -0.3 is 15.7 Å². The first-order valence-electron chi connectivity index (χ1n) is 6.81. The van der Waals surface area contributed by atoms with Gasteiger partial charge in [0.25, 0.3) is 0 Å². The predicted molar refractivity (Wildman–Crippen MR) is 69.4 cm³/mol. The number of carboxylic acids is 1. The van der Waals surface area contributed by atoms with E-state index in [1.165, 1.54) is 0 Å². The first-order valence-corrected chi connectivity index (χ1v) is 6.81. The molecule has 3 N–H and O–H groups in total. The molecule has 0 aromatic heterocycles. The smallest absolute Gasteiger partial charge is 0.315 e. The summed E-state index contributed by atoms with van der Waals surface area (Å²) in [6, 6.07) is -0.0270. The van der Waals surface area contributed by atoms with Crippen molar-refractivity contribution in [3.63, 3.8) is 0 Å². The Kier molecular flexibility index (Phi) is 5.95. The van der Waals surface area contributed by atoms with Crippen molar-refractivity contribution in [2.24, 2.45) is 11.8 Å². The Morgan fingerprint density at radius 1 is 1.39 bits per heavy atom. The third-order valence-corrected chi connectivity index (χ3v) is 3.60. The highest BCUT2D eigenvalue weighted by atomic mass is 16.4. The summed E-state index contributed by atoms with van der Waals surface area (Å²) in [6.45, 7) is 4.51. The molecule has 0 saturated heterocycles. The van der Waals surface area contributed by atoms with Gasteiger partial charge in [-0.3, -0.25) is 4.79 Å². The molecule has 5 heteroatoms. The number of hydrogen-bond donors (Lipinski definition) is 3. The lowest BCUT2D eigenvalue weighted by Gasteiger charge is -2.18. The summed E-state index contributed by atoms with van der Waals surface area (Å²) in [6.07, 6.45) is 4.55. The third kappa shape index (κ3) is 4.55.